The van der Waals surface area contributed by atoms with Gasteiger partial charge in [0.2, 0.25) is 0 Å². The summed E-state index contributed by atoms with van der Waals surface area (Å²) in [6.45, 7) is 55.8. The van der Waals surface area contributed by atoms with E-state index in [1.54, 1.807) is 0 Å². The standard InChI is InChI=1S/C112H152O6Si8/c1-25-121(26-2,27-3)113-107(101-63-43-91(44-64-101)75-89-119(19,20)21)77-81-109(82-78-107,115-123(31-7,32-8)33-9)103-67-55-97(56-68-103)93-47-51-95(52-48-93)99-59-71-105(72-60-99)111(117-125(37-13,38-14)39-15)85-87-112(88-86-111,118-126(40-16,41-17)42-18)106-73-61-100(62-74-106)96-53-49-94(50-54-96)98-57-69-104(70-58-98)110(116-124(34-10,35-11)36-12)83-79-108(80-84-110,114-122(28-4,29-5)30-6)102-65-45-92(46-66-102)76-90-120(22,23)24/h43-74,77-88H,25-42H2,1-24H3. The molecule has 6 nitrogen and oxygen atoms in total. The summed E-state index contributed by atoms with van der Waals surface area (Å²) in [4.78, 5) is 0. The summed E-state index contributed by atoms with van der Waals surface area (Å²) >= 11 is 0. The molecule has 8 aromatic rings. The van der Waals surface area contributed by atoms with E-state index in [0.29, 0.717) is 0 Å². The Morgan fingerprint density at radius 3 is 0.397 bits per heavy atom. The Balaban J connectivity index is 0.858. The normalized spacial score (nSPS) is 21.0. The van der Waals surface area contributed by atoms with Crippen molar-refractivity contribution in [2.24, 2.45) is 0 Å². The van der Waals surface area contributed by atoms with Crippen LogP contribution in [0.25, 0.3) is 44.5 Å². The van der Waals surface area contributed by atoms with Crippen LogP contribution in [0.4, 0.5) is 0 Å². The Morgan fingerprint density at radius 1 is 0.175 bits per heavy atom. The lowest BCUT2D eigenvalue weighted by Crippen LogP contribution is -2.48. The molecule has 11 rings (SSSR count). The van der Waals surface area contributed by atoms with E-state index >= 15 is 0 Å². The summed E-state index contributed by atoms with van der Waals surface area (Å²) in [5, 5.41) is 0. The second-order valence-corrected chi connectivity index (χ2v) is 76.1. The maximum Gasteiger partial charge on any atom is 0.194 e. The van der Waals surface area contributed by atoms with Gasteiger partial charge < -0.3 is 26.6 Å². The van der Waals surface area contributed by atoms with Gasteiger partial charge in [-0.25, -0.2) is 0 Å². The largest absolute Gasteiger partial charge is 0.401 e. The number of rotatable bonds is 40. The van der Waals surface area contributed by atoms with Gasteiger partial charge in [0.15, 0.2) is 49.9 Å². The topological polar surface area (TPSA) is 55.4 Å². The maximum atomic E-state index is 7.85. The predicted molar refractivity (Wildman–Crippen MR) is 563 cm³/mol. The van der Waals surface area contributed by atoms with Gasteiger partial charge in [0, 0.05) is 11.1 Å². The summed E-state index contributed by atoms with van der Waals surface area (Å²) in [5.41, 5.74) is 20.8. The molecule has 14 heteroatoms. The van der Waals surface area contributed by atoms with Gasteiger partial charge in [-0.05, 0) is 284 Å². The highest BCUT2D eigenvalue weighted by molar-refractivity contribution is 6.84. The van der Waals surface area contributed by atoms with Crippen LogP contribution in [0.15, 0.2) is 267 Å². The zero-order valence-corrected chi connectivity index (χ0v) is 89.6. The Hall–Kier alpha value is -7.18. The van der Waals surface area contributed by atoms with Gasteiger partial charge in [-0.1, -0.05) is 346 Å². The molecule has 0 unspecified atom stereocenters. The highest BCUT2D eigenvalue weighted by atomic mass is 28.4. The highest BCUT2D eigenvalue weighted by Crippen LogP contribution is 2.52. The van der Waals surface area contributed by atoms with Gasteiger partial charge >= 0.3 is 0 Å². The Labute approximate surface area is 771 Å². The van der Waals surface area contributed by atoms with Crippen molar-refractivity contribution in [3.8, 4) is 67.4 Å². The average molecular weight is 1820 g/mol. The molecule has 0 aromatic heterocycles. The van der Waals surface area contributed by atoms with E-state index in [9.17, 15) is 0 Å². The van der Waals surface area contributed by atoms with E-state index in [0.717, 1.165) is 164 Å². The minimum atomic E-state index is -2.24. The van der Waals surface area contributed by atoms with Crippen LogP contribution >= 0.6 is 0 Å². The lowest BCUT2D eigenvalue weighted by Gasteiger charge is -2.46. The lowest BCUT2D eigenvalue weighted by molar-refractivity contribution is 0.121. The molecule has 0 N–H and O–H groups in total. The summed E-state index contributed by atoms with van der Waals surface area (Å²) in [5.74, 6) is 6.98. The molecular weight excluding hydrogens is 1670 g/mol. The van der Waals surface area contributed by atoms with Crippen molar-refractivity contribution in [2.75, 3.05) is 0 Å². The summed E-state index contributed by atoms with van der Waals surface area (Å²) in [7, 11) is -16.2. The highest BCUT2D eigenvalue weighted by Gasteiger charge is 2.51. The molecule has 0 spiro atoms. The van der Waals surface area contributed by atoms with Crippen molar-refractivity contribution in [3.63, 3.8) is 0 Å². The molecule has 126 heavy (non-hydrogen) atoms. The van der Waals surface area contributed by atoms with E-state index in [1.165, 1.54) is 33.4 Å². The van der Waals surface area contributed by atoms with Gasteiger partial charge in [-0.15, -0.1) is 11.1 Å². The summed E-state index contributed by atoms with van der Waals surface area (Å²) in [6, 6.07) is 91.5. The molecule has 0 aliphatic heterocycles. The van der Waals surface area contributed by atoms with Crippen molar-refractivity contribution < 1.29 is 26.6 Å². The van der Waals surface area contributed by atoms with Crippen molar-refractivity contribution in [2.45, 2.75) is 306 Å². The van der Waals surface area contributed by atoms with Crippen LogP contribution in [0.3, 0.4) is 0 Å². The third-order valence-electron chi connectivity index (χ3n) is 29.7. The number of hydrogen-bond donors (Lipinski definition) is 0. The van der Waals surface area contributed by atoms with Crippen LogP contribution in [0, 0.1) is 22.9 Å². The quantitative estimate of drug-likeness (QED) is 0.0217. The van der Waals surface area contributed by atoms with E-state index in [-0.39, 0.29) is 0 Å². The molecule has 0 saturated carbocycles. The minimum absolute atomic E-state index is 0.726. The summed E-state index contributed by atoms with van der Waals surface area (Å²) < 4.78 is 46.5. The minimum Gasteiger partial charge on any atom is -0.401 e. The van der Waals surface area contributed by atoms with Crippen LogP contribution in [0.5, 0.6) is 0 Å². The Bertz CT molecular complexity index is 4790. The fourth-order valence-corrected chi connectivity index (χ4v) is 37.7. The second-order valence-electron chi connectivity index (χ2n) is 38.5. The van der Waals surface area contributed by atoms with Gasteiger partial charge in [0.05, 0.1) is 0 Å². The van der Waals surface area contributed by atoms with Gasteiger partial charge in [-0.2, -0.15) is 0 Å². The zero-order valence-electron chi connectivity index (χ0n) is 81.6. The molecule has 0 saturated heterocycles. The van der Waals surface area contributed by atoms with Crippen molar-refractivity contribution in [1.82, 2.24) is 0 Å². The van der Waals surface area contributed by atoms with E-state index < -0.39 is 99.7 Å². The third kappa shape index (κ3) is 21.7. The molecule has 0 fully saturated rings. The van der Waals surface area contributed by atoms with E-state index in [1.807, 2.05) is 0 Å². The van der Waals surface area contributed by atoms with Crippen molar-refractivity contribution in [1.29, 1.82) is 0 Å². The maximum absolute atomic E-state index is 7.85. The first-order valence-electron chi connectivity index (χ1n) is 48.6. The van der Waals surface area contributed by atoms with Gasteiger partial charge in [0.1, 0.15) is 49.8 Å². The number of benzene rings is 8. The Kier molecular flexibility index (Phi) is 32.7. The fraction of sp³-hybridized carbons (Fsp3) is 0.429. The molecular formula is C112H152O6Si8. The molecule has 0 atom stereocenters. The SMILES string of the molecule is CC[Si](CC)(CC)OC1(c2ccc(C#C[Si](C)(C)C)cc2)C=CC(O[Si](CC)(CC)CC)(c2ccc(-c3ccc(-c4ccc(C5(O[Si](CC)(CC)CC)C=CC(O[Si](CC)(CC)CC)(c6ccc(-c7ccc(-c8ccc(C9(O[Si](CC)(CC)CC)C=CC(O[Si](CC)(CC)CC)(c%10ccc(C#C[Si](C)(C)C)cc%10)C=C9)cc8)cc7)cc6)C=C5)cc4)cc3)cc2)C=C1. The predicted octanol–water partition coefficient (Wildman–Crippen LogP) is 32.6. The van der Waals surface area contributed by atoms with E-state index in [4.69, 9.17) is 26.6 Å². The van der Waals surface area contributed by atoms with E-state index in [2.05, 4.69) is 454 Å². The fourth-order valence-electron chi connectivity index (χ4n) is 19.2. The average Bonchev–Trinajstić information content (AvgIpc) is 0.750. The summed E-state index contributed by atoms with van der Waals surface area (Å²) in [6.07, 6.45) is 28.3. The molecule has 3 aliphatic carbocycles. The molecule has 668 valence electrons. The van der Waals surface area contributed by atoms with Crippen molar-refractivity contribution in [3.05, 3.63) is 312 Å². The van der Waals surface area contributed by atoms with Crippen molar-refractivity contribution >= 4 is 66.1 Å². The molecule has 0 bridgehead atoms. The van der Waals surface area contributed by atoms with Crippen LogP contribution in [-0.2, 0) is 60.2 Å². The molecule has 0 heterocycles. The molecule has 0 radical (unpaired) electrons. The molecule has 3 aliphatic rings. The molecule has 8 aromatic carbocycles. The lowest BCUT2D eigenvalue weighted by atomic mass is 9.81. The second kappa shape index (κ2) is 41.5. The number of hydrogen-bond acceptors (Lipinski definition) is 6. The smallest absolute Gasteiger partial charge is 0.194 e. The first-order valence-corrected chi connectivity index (χ1v) is 70.8. The van der Waals surface area contributed by atoms with Gasteiger partial charge in [0.25, 0.3) is 0 Å². The van der Waals surface area contributed by atoms with Crippen LogP contribution < -0.4 is 0 Å². The Morgan fingerprint density at radius 2 is 0.286 bits per heavy atom. The van der Waals surface area contributed by atoms with Gasteiger partial charge in [-0.3, -0.25) is 0 Å². The first kappa shape index (κ1) is 99.4. The van der Waals surface area contributed by atoms with Crippen LogP contribution in [0.2, 0.25) is 148 Å². The van der Waals surface area contributed by atoms with Crippen LogP contribution in [0.1, 0.15) is 169 Å². The monoisotopic (exact) mass is 1820 g/mol. The first-order chi connectivity index (χ1) is 60.2. The third-order valence-corrected chi connectivity index (χ3v) is 59.2. The molecule has 0 amide bonds. The van der Waals surface area contributed by atoms with Crippen LogP contribution in [-0.4, -0.2) is 66.1 Å². The zero-order chi connectivity index (χ0) is 91.1.